The van der Waals surface area contributed by atoms with E-state index < -0.39 is 0 Å². The molecule has 1 aromatic rings. The fourth-order valence-corrected chi connectivity index (χ4v) is 2.43. The van der Waals surface area contributed by atoms with Crippen molar-refractivity contribution in [2.45, 2.75) is 19.8 Å². The number of ether oxygens (including phenoxy) is 1. The van der Waals surface area contributed by atoms with E-state index in [1.807, 2.05) is 0 Å². The van der Waals surface area contributed by atoms with Crippen molar-refractivity contribution in [3.63, 3.8) is 0 Å². The third-order valence-corrected chi connectivity index (χ3v) is 3.43. The maximum atomic E-state index is 5.58. The van der Waals surface area contributed by atoms with Gasteiger partial charge < -0.3 is 10.5 Å². The van der Waals surface area contributed by atoms with Crippen molar-refractivity contribution in [2.75, 3.05) is 26.2 Å². The lowest BCUT2D eigenvalue weighted by atomic mass is 10.1. The van der Waals surface area contributed by atoms with Crippen LogP contribution in [0.25, 0.3) is 0 Å². The van der Waals surface area contributed by atoms with Gasteiger partial charge in [0, 0.05) is 19.5 Å². The molecule has 4 heteroatoms. The van der Waals surface area contributed by atoms with Crippen LogP contribution in [0.3, 0.4) is 0 Å². The molecule has 0 spiro atoms. The van der Waals surface area contributed by atoms with E-state index in [1.165, 1.54) is 11.1 Å². The topological polar surface area (TPSA) is 38.5 Å². The van der Waals surface area contributed by atoms with Gasteiger partial charge in [-0.1, -0.05) is 31.3 Å². The van der Waals surface area contributed by atoms with Gasteiger partial charge in [-0.25, -0.2) is 0 Å². The van der Waals surface area contributed by atoms with Gasteiger partial charge in [-0.3, -0.25) is 4.90 Å². The quantitative estimate of drug-likeness (QED) is 0.795. The molecule has 18 heavy (non-hydrogen) atoms. The van der Waals surface area contributed by atoms with E-state index in [0.717, 1.165) is 38.3 Å². The standard InChI is InChI=1S/C14H20N2OS/c1-2-16(10-14(15)18)7-5-11-3-4-13-12(9-11)6-8-17-13/h3-4,9H,2,5-8,10H2,1H3,(H2,15,18). The second-order valence-electron chi connectivity index (χ2n) is 4.63. The van der Waals surface area contributed by atoms with E-state index in [4.69, 9.17) is 22.7 Å². The zero-order valence-electron chi connectivity index (χ0n) is 10.8. The molecule has 1 aromatic carbocycles. The van der Waals surface area contributed by atoms with Gasteiger partial charge in [0.2, 0.25) is 0 Å². The molecule has 1 aliphatic heterocycles. The van der Waals surface area contributed by atoms with E-state index in [0.29, 0.717) is 11.5 Å². The van der Waals surface area contributed by atoms with Crippen molar-refractivity contribution in [1.82, 2.24) is 4.90 Å². The molecular formula is C14H20N2OS. The number of benzene rings is 1. The van der Waals surface area contributed by atoms with E-state index in [2.05, 4.69) is 30.0 Å². The van der Waals surface area contributed by atoms with Crippen molar-refractivity contribution in [3.05, 3.63) is 29.3 Å². The Kier molecular flexibility index (Phi) is 4.55. The predicted molar refractivity (Wildman–Crippen MR) is 78.2 cm³/mol. The zero-order chi connectivity index (χ0) is 13.0. The first-order chi connectivity index (χ1) is 8.69. The van der Waals surface area contributed by atoms with Gasteiger partial charge in [0.05, 0.1) is 11.6 Å². The normalized spacial score (nSPS) is 13.4. The molecule has 3 nitrogen and oxygen atoms in total. The number of fused-ring (bicyclic) bond motifs is 1. The molecule has 98 valence electrons. The monoisotopic (exact) mass is 264 g/mol. The maximum absolute atomic E-state index is 5.58. The second-order valence-corrected chi connectivity index (χ2v) is 5.15. The van der Waals surface area contributed by atoms with Crippen LogP contribution in [0.15, 0.2) is 18.2 Å². The first-order valence-electron chi connectivity index (χ1n) is 6.44. The average Bonchev–Trinajstić information content (AvgIpc) is 2.81. The fraction of sp³-hybridized carbons (Fsp3) is 0.500. The summed E-state index contributed by atoms with van der Waals surface area (Å²) in [5.74, 6) is 1.05. The molecule has 2 rings (SSSR count). The lowest BCUT2D eigenvalue weighted by Crippen LogP contribution is -2.34. The van der Waals surface area contributed by atoms with Crippen molar-refractivity contribution in [2.24, 2.45) is 5.73 Å². The summed E-state index contributed by atoms with van der Waals surface area (Å²) in [6, 6.07) is 6.50. The number of rotatable bonds is 6. The number of nitrogens with zero attached hydrogens (tertiary/aromatic N) is 1. The minimum Gasteiger partial charge on any atom is -0.493 e. The van der Waals surface area contributed by atoms with Crippen molar-refractivity contribution >= 4 is 17.2 Å². The Morgan fingerprint density at radius 2 is 2.33 bits per heavy atom. The third-order valence-electron chi connectivity index (χ3n) is 3.30. The van der Waals surface area contributed by atoms with Crippen molar-refractivity contribution < 1.29 is 4.74 Å². The van der Waals surface area contributed by atoms with E-state index in [1.54, 1.807) is 0 Å². The summed E-state index contributed by atoms with van der Waals surface area (Å²) in [7, 11) is 0. The molecule has 0 atom stereocenters. The van der Waals surface area contributed by atoms with Gasteiger partial charge in [-0.15, -0.1) is 0 Å². The summed E-state index contributed by atoms with van der Waals surface area (Å²) in [5.41, 5.74) is 8.28. The summed E-state index contributed by atoms with van der Waals surface area (Å²) >= 11 is 4.95. The van der Waals surface area contributed by atoms with Gasteiger partial charge in [0.1, 0.15) is 5.75 Å². The molecule has 0 bridgehead atoms. The lowest BCUT2D eigenvalue weighted by Gasteiger charge is -2.19. The van der Waals surface area contributed by atoms with Crippen LogP contribution in [0.1, 0.15) is 18.1 Å². The number of nitrogens with two attached hydrogens (primary N) is 1. The summed E-state index contributed by atoms with van der Waals surface area (Å²) in [6.45, 7) is 5.63. The molecule has 0 fully saturated rings. The number of hydrogen-bond donors (Lipinski definition) is 1. The van der Waals surface area contributed by atoms with E-state index in [-0.39, 0.29) is 0 Å². The highest BCUT2D eigenvalue weighted by Crippen LogP contribution is 2.25. The van der Waals surface area contributed by atoms with Crippen LogP contribution < -0.4 is 10.5 Å². The predicted octanol–water partition coefficient (Wildman–Crippen LogP) is 1.77. The summed E-state index contributed by atoms with van der Waals surface area (Å²) < 4.78 is 5.51. The van der Waals surface area contributed by atoms with Crippen molar-refractivity contribution in [3.8, 4) is 5.75 Å². The van der Waals surface area contributed by atoms with Crippen LogP contribution >= 0.6 is 12.2 Å². The molecule has 0 saturated carbocycles. The molecule has 0 unspecified atom stereocenters. The minimum absolute atomic E-state index is 0.569. The highest BCUT2D eigenvalue weighted by Gasteiger charge is 2.12. The van der Waals surface area contributed by atoms with E-state index in [9.17, 15) is 0 Å². The Hall–Kier alpha value is -1.13. The Balaban J connectivity index is 1.91. The van der Waals surface area contributed by atoms with Crippen LogP contribution in [-0.4, -0.2) is 36.1 Å². The highest BCUT2D eigenvalue weighted by atomic mass is 32.1. The Bertz CT molecular complexity index is 434. The average molecular weight is 264 g/mol. The van der Waals surface area contributed by atoms with Gasteiger partial charge in [-0.05, 0) is 30.2 Å². The molecule has 1 aliphatic rings. The van der Waals surface area contributed by atoms with Gasteiger partial charge >= 0.3 is 0 Å². The summed E-state index contributed by atoms with van der Waals surface area (Å²) in [5, 5.41) is 0. The Morgan fingerprint density at radius 1 is 1.50 bits per heavy atom. The molecule has 0 aliphatic carbocycles. The SMILES string of the molecule is CCN(CCc1ccc2c(c1)CCO2)CC(N)=S. The van der Waals surface area contributed by atoms with Crippen LogP contribution in [0, 0.1) is 0 Å². The number of likely N-dealkylation sites (N-methyl/N-ethyl adjacent to an activating group) is 1. The minimum atomic E-state index is 0.569. The summed E-state index contributed by atoms with van der Waals surface area (Å²) in [6.07, 6.45) is 2.07. The Labute approximate surface area is 114 Å². The van der Waals surface area contributed by atoms with Gasteiger partial charge in [0.25, 0.3) is 0 Å². The highest BCUT2D eigenvalue weighted by molar-refractivity contribution is 7.80. The molecule has 0 radical (unpaired) electrons. The molecule has 0 saturated heterocycles. The smallest absolute Gasteiger partial charge is 0.122 e. The van der Waals surface area contributed by atoms with Crippen molar-refractivity contribution in [1.29, 1.82) is 0 Å². The van der Waals surface area contributed by atoms with E-state index >= 15 is 0 Å². The number of hydrogen-bond acceptors (Lipinski definition) is 3. The molecule has 2 N–H and O–H groups in total. The van der Waals surface area contributed by atoms with Gasteiger partial charge in [-0.2, -0.15) is 0 Å². The van der Waals surface area contributed by atoms with Gasteiger partial charge in [0.15, 0.2) is 0 Å². The van der Waals surface area contributed by atoms with Crippen LogP contribution in [0.4, 0.5) is 0 Å². The Morgan fingerprint density at radius 3 is 3.06 bits per heavy atom. The molecule has 1 heterocycles. The largest absolute Gasteiger partial charge is 0.493 e. The first kappa shape index (κ1) is 13.3. The maximum Gasteiger partial charge on any atom is 0.122 e. The molecule has 0 amide bonds. The third kappa shape index (κ3) is 3.43. The lowest BCUT2D eigenvalue weighted by molar-refractivity contribution is 0.333. The number of thiocarbonyl (C=S) groups is 1. The second kappa shape index (κ2) is 6.16. The summed E-state index contributed by atoms with van der Waals surface area (Å²) in [4.78, 5) is 2.84. The van der Waals surface area contributed by atoms with Crippen LogP contribution in [0.2, 0.25) is 0 Å². The molecule has 0 aromatic heterocycles. The van der Waals surface area contributed by atoms with Crippen LogP contribution in [0.5, 0.6) is 5.75 Å². The zero-order valence-corrected chi connectivity index (χ0v) is 11.6. The molecular weight excluding hydrogens is 244 g/mol. The van der Waals surface area contributed by atoms with Crippen LogP contribution in [-0.2, 0) is 12.8 Å². The first-order valence-corrected chi connectivity index (χ1v) is 6.85. The fourth-order valence-electron chi connectivity index (χ4n) is 2.25.